The number of rotatable bonds is 4. The molecule has 0 unspecified atom stereocenters. The Morgan fingerprint density at radius 3 is 2.28 bits per heavy atom. The zero-order valence-electron chi connectivity index (χ0n) is 18.7. The van der Waals surface area contributed by atoms with Gasteiger partial charge in [0.2, 0.25) is 0 Å². The second kappa shape index (κ2) is 8.49. The first-order chi connectivity index (χ1) is 17.4. The van der Waals surface area contributed by atoms with Crippen LogP contribution in [0.25, 0.3) is 42.2 Å². The average Bonchev–Trinajstić information content (AvgIpc) is 3.27. The lowest BCUT2D eigenvalue weighted by Crippen LogP contribution is -2.01. The lowest BCUT2D eigenvalue weighted by Gasteiger charge is -2.09. The summed E-state index contributed by atoms with van der Waals surface area (Å²) >= 11 is 1.74. The van der Waals surface area contributed by atoms with Crippen molar-refractivity contribution < 1.29 is 13.0 Å². The van der Waals surface area contributed by atoms with Crippen molar-refractivity contribution in [2.45, 2.75) is 4.90 Å². The molecule has 0 atom stereocenters. The predicted molar refractivity (Wildman–Crippen MR) is 145 cm³/mol. The molecule has 4 aromatic carbocycles. The standard InChI is InChI=1S/C27H18N4O3S2/c28-26-19-8-2-1-7-18(19)25(36(32,33)34)14-23(26)31-30-16-12-13-22(29-15-16)21-10-5-9-20-17-6-3-4-11-24(17)35-27(20)21/h1-15H,28H2,(H,32,33,34). The molecule has 0 saturated carbocycles. The molecule has 6 rings (SSSR count). The van der Waals surface area contributed by atoms with E-state index in [1.54, 1.807) is 47.9 Å². The first-order valence-electron chi connectivity index (χ1n) is 11.0. The average molecular weight is 511 g/mol. The van der Waals surface area contributed by atoms with E-state index >= 15 is 0 Å². The highest BCUT2D eigenvalue weighted by molar-refractivity contribution is 7.86. The third-order valence-corrected chi connectivity index (χ3v) is 8.12. The maximum absolute atomic E-state index is 11.9. The highest BCUT2D eigenvalue weighted by Gasteiger charge is 2.18. The largest absolute Gasteiger partial charge is 0.396 e. The van der Waals surface area contributed by atoms with E-state index < -0.39 is 10.1 Å². The quantitative estimate of drug-likeness (QED) is 0.144. The van der Waals surface area contributed by atoms with Crippen molar-refractivity contribution in [2.75, 3.05) is 5.73 Å². The molecule has 176 valence electrons. The lowest BCUT2D eigenvalue weighted by molar-refractivity contribution is 0.484. The minimum absolute atomic E-state index is 0.139. The summed E-state index contributed by atoms with van der Waals surface area (Å²) in [5.74, 6) is 0. The molecule has 0 aliphatic carbocycles. The number of anilines is 1. The summed E-state index contributed by atoms with van der Waals surface area (Å²) in [5, 5.41) is 11.6. The fourth-order valence-electron chi connectivity index (χ4n) is 4.31. The Hall–Kier alpha value is -4.18. The van der Waals surface area contributed by atoms with Crippen LogP contribution < -0.4 is 5.73 Å². The van der Waals surface area contributed by atoms with Gasteiger partial charge in [-0.2, -0.15) is 8.42 Å². The van der Waals surface area contributed by atoms with Crippen LogP contribution in [0.15, 0.2) is 106 Å². The summed E-state index contributed by atoms with van der Waals surface area (Å²) in [5.41, 5.74) is 8.96. The highest BCUT2D eigenvalue weighted by Crippen LogP contribution is 2.40. The molecule has 0 bridgehead atoms. The Bertz CT molecular complexity index is 1930. The maximum atomic E-state index is 11.9. The van der Waals surface area contributed by atoms with Gasteiger partial charge >= 0.3 is 0 Å². The van der Waals surface area contributed by atoms with Crippen LogP contribution >= 0.6 is 11.3 Å². The molecule has 0 amide bonds. The number of nitrogens with zero attached hydrogens (tertiary/aromatic N) is 3. The van der Waals surface area contributed by atoms with E-state index in [-0.39, 0.29) is 16.3 Å². The Morgan fingerprint density at radius 1 is 0.806 bits per heavy atom. The van der Waals surface area contributed by atoms with E-state index in [1.807, 2.05) is 30.3 Å². The molecule has 6 aromatic rings. The van der Waals surface area contributed by atoms with Gasteiger partial charge in [0.05, 0.1) is 17.6 Å². The molecule has 9 heteroatoms. The Labute approximate surface area is 210 Å². The zero-order valence-corrected chi connectivity index (χ0v) is 20.3. The van der Waals surface area contributed by atoms with Gasteiger partial charge in [-0.05, 0) is 24.3 Å². The second-order valence-corrected chi connectivity index (χ2v) is 10.7. The number of hydrogen-bond acceptors (Lipinski definition) is 7. The van der Waals surface area contributed by atoms with Crippen molar-refractivity contribution in [3.63, 3.8) is 0 Å². The van der Waals surface area contributed by atoms with E-state index in [9.17, 15) is 13.0 Å². The minimum atomic E-state index is -4.48. The number of nitrogens with two attached hydrogens (primary N) is 1. The van der Waals surface area contributed by atoms with Crippen molar-refractivity contribution in [1.29, 1.82) is 0 Å². The number of benzene rings is 4. The van der Waals surface area contributed by atoms with Crippen LogP contribution in [0.3, 0.4) is 0 Å². The number of thiophene rings is 1. The summed E-state index contributed by atoms with van der Waals surface area (Å²) in [6, 6.07) is 26.1. The maximum Gasteiger partial charge on any atom is 0.295 e. The van der Waals surface area contributed by atoms with Gasteiger partial charge in [-0.3, -0.25) is 9.54 Å². The molecule has 0 spiro atoms. The van der Waals surface area contributed by atoms with E-state index in [1.165, 1.54) is 26.2 Å². The molecular formula is C27H18N4O3S2. The highest BCUT2D eigenvalue weighted by atomic mass is 32.2. The van der Waals surface area contributed by atoms with E-state index in [0.717, 1.165) is 11.3 Å². The third-order valence-electron chi connectivity index (χ3n) is 6.01. The molecule has 36 heavy (non-hydrogen) atoms. The molecular weight excluding hydrogens is 492 g/mol. The number of hydrogen-bond donors (Lipinski definition) is 2. The molecule has 0 saturated heterocycles. The Balaban J connectivity index is 1.38. The van der Waals surface area contributed by atoms with Gasteiger partial charge in [-0.1, -0.05) is 60.7 Å². The van der Waals surface area contributed by atoms with Crippen LogP contribution in [-0.2, 0) is 10.1 Å². The van der Waals surface area contributed by atoms with Gasteiger partial charge in [0, 0.05) is 36.5 Å². The first-order valence-corrected chi connectivity index (χ1v) is 13.2. The number of azo groups is 1. The fourth-order valence-corrected chi connectivity index (χ4v) is 6.25. The van der Waals surface area contributed by atoms with Gasteiger partial charge < -0.3 is 5.73 Å². The smallest absolute Gasteiger partial charge is 0.295 e. The van der Waals surface area contributed by atoms with Gasteiger partial charge in [0.25, 0.3) is 10.1 Å². The summed E-state index contributed by atoms with van der Waals surface area (Å²) < 4.78 is 36.0. The van der Waals surface area contributed by atoms with Crippen LogP contribution in [0.4, 0.5) is 17.1 Å². The van der Waals surface area contributed by atoms with Crippen molar-refractivity contribution in [3.05, 3.63) is 91.1 Å². The van der Waals surface area contributed by atoms with Crippen molar-refractivity contribution in [2.24, 2.45) is 10.2 Å². The zero-order chi connectivity index (χ0) is 24.9. The van der Waals surface area contributed by atoms with Gasteiger partial charge in [0.1, 0.15) is 16.3 Å². The molecule has 0 radical (unpaired) electrons. The topological polar surface area (TPSA) is 118 Å². The Morgan fingerprint density at radius 2 is 1.53 bits per heavy atom. The van der Waals surface area contributed by atoms with Crippen LogP contribution in [0.5, 0.6) is 0 Å². The molecule has 0 fully saturated rings. The molecule has 3 N–H and O–H groups in total. The number of aromatic nitrogens is 1. The predicted octanol–water partition coefficient (Wildman–Crippen LogP) is 7.51. The molecule has 7 nitrogen and oxygen atoms in total. The number of fused-ring (bicyclic) bond motifs is 4. The van der Waals surface area contributed by atoms with Crippen LogP contribution in [0.2, 0.25) is 0 Å². The second-order valence-electron chi connectivity index (χ2n) is 8.21. The normalized spacial score (nSPS) is 12.2. The van der Waals surface area contributed by atoms with E-state index in [2.05, 4.69) is 33.4 Å². The fraction of sp³-hybridized carbons (Fsp3) is 0. The molecule has 2 heterocycles. The van der Waals surface area contributed by atoms with Crippen molar-refractivity contribution in [3.8, 4) is 11.3 Å². The van der Waals surface area contributed by atoms with Crippen LogP contribution in [0.1, 0.15) is 0 Å². The SMILES string of the molecule is Nc1c(N=Nc2ccc(-c3cccc4c3sc3ccccc34)nc2)cc(S(=O)(=O)O)c2ccccc12. The molecule has 0 aliphatic heterocycles. The van der Waals surface area contributed by atoms with E-state index in [4.69, 9.17) is 5.73 Å². The van der Waals surface area contributed by atoms with Crippen LogP contribution in [0, 0.1) is 0 Å². The van der Waals surface area contributed by atoms with Crippen molar-refractivity contribution >= 4 is 69.5 Å². The number of nitrogen functional groups attached to an aromatic ring is 1. The summed E-state index contributed by atoms with van der Waals surface area (Å²) in [6.45, 7) is 0. The monoisotopic (exact) mass is 510 g/mol. The van der Waals surface area contributed by atoms with Gasteiger partial charge in [0.15, 0.2) is 0 Å². The summed E-state index contributed by atoms with van der Waals surface area (Å²) in [4.78, 5) is 4.32. The minimum Gasteiger partial charge on any atom is -0.396 e. The lowest BCUT2D eigenvalue weighted by atomic mass is 10.1. The molecule has 0 aliphatic rings. The third kappa shape index (κ3) is 3.79. The first kappa shape index (κ1) is 22.3. The van der Waals surface area contributed by atoms with Gasteiger partial charge in [-0.25, -0.2) is 0 Å². The van der Waals surface area contributed by atoms with E-state index in [0.29, 0.717) is 16.5 Å². The molecule has 2 aromatic heterocycles. The summed E-state index contributed by atoms with van der Waals surface area (Å²) in [7, 11) is -4.48. The Kier molecular flexibility index (Phi) is 5.26. The summed E-state index contributed by atoms with van der Waals surface area (Å²) in [6.07, 6.45) is 1.60. The van der Waals surface area contributed by atoms with Crippen LogP contribution in [-0.4, -0.2) is 18.0 Å². The number of pyridine rings is 1. The van der Waals surface area contributed by atoms with Crippen molar-refractivity contribution in [1.82, 2.24) is 4.98 Å². The van der Waals surface area contributed by atoms with Gasteiger partial charge in [-0.15, -0.1) is 21.6 Å².